The van der Waals surface area contributed by atoms with Gasteiger partial charge in [-0.05, 0) is 45.2 Å². The second kappa shape index (κ2) is 13.6. The van der Waals surface area contributed by atoms with E-state index >= 15 is 0 Å². The van der Waals surface area contributed by atoms with Gasteiger partial charge in [0.1, 0.15) is 5.82 Å². The largest absolute Gasteiger partial charge is 0.417 e. The van der Waals surface area contributed by atoms with Gasteiger partial charge in [0.05, 0.1) is 22.8 Å². The average molecular weight is 694 g/mol. The summed E-state index contributed by atoms with van der Waals surface area (Å²) in [6.07, 6.45) is -0.428. The number of anilines is 1. The molecule has 1 N–H and O–H groups in total. The lowest BCUT2D eigenvalue weighted by Crippen LogP contribution is -2.58. The number of thioether (sulfide) groups is 1. The van der Waals surface area contributed by atoms with Gasteiger partial charge in [0.15, 0.2) is 0 Å². The lowest BCUT2D eigenvalue weighted by molar-refractivity contribution is -0.137. The number of carbonyl (C=O) groups excluding carboxylic acids is 1. The maximum atomic E-state index is 14.7. The van der Waals surface area contributed by atoms with E-state index in [0.29, 0.717) is 45.7 Å². The van der Waals surface area contributed by atoms with Crippen LogP contribution in [0.15, 0.2) is 63.1 Å². The van der Waals surface area contributed by atoms with Gasteiger partial charge < -0.3 is 14.8 Å². The maximum Gasteiger partial charge on any atom is 0.417 e. The molecule has 1 saturated heterocycles. The number of amides is 1. The van der Waals surface area contributed by atoms with E-state index in [1.807, 2.05) is 30.7 Å². The lowest BCUT2D eigenvalue weighted by Gasteiger charge is -2.44. The fourth-order valence-corrected chi connectivity index (χ4v) is 8.31. The Balaban J connectivity index is 0.000000527. The van der Waals surface area contributed by atoms with Crippen molar-refractivity contribution in [3.63, 3.8) is 0 Å². The number of nitrogens with zero attached hydrogens (tertiary/aromatic N) is 6. The maximum absolute atomic E-state index is 14.7. The number of aromatic nitrogens is 4. The second-order valence-electron chi connectivity index (χ2n) is 11.0. The van der Waals surface area contributed by atoms with Crippen molar-refractivity contribution in [2.45, 2.75) is 43.7 Å². The Morgan fingerprint density at radius 3 is 2.46 bits per heavy atom. The molecule has 46 heavy (non-hydrogen) atoms. The van der Waals surface area contributed by atoms with Gasteiger partial charge in [-0.25, -0.2) is 14.6 Å². The van der Waals surface area contributed by atoms with Crippen molar-refractivity contribution in [2.24, 2.45) is 0 Å². The van der Waals surface area contributed by atoms with Crippen molar-refractivity contribution in [1.82, 2.24) is 29.3 Å². The Morgan fingerprint density at radius 1 is 1.20 bits per heavy atom. The number of hydrogen-bond acceptors (Lipinski definition) is 9. The van der Waals surface area contributed by atoms with Gasteiger partial charge in [0.2, 0.25) is 5.91 Å². The van der Waals surface area contributed by atoms with E-state index in [1.165, 1.54) is 40.9 Å². The molecule has 1 fully saturated rings. The van der Waals surface area contributed by atoms with E-state index in [-0.39, 0.29) is 47.1 Å². The normalized spacial score (nSPS) is 18.8. The number of H-pyrrole nitrogens is 1. The summed E-state index contributed by atoms with van der Waals surface area (Å²) in [6, 6.07) is 3.77. The first-order valence-corrected chi connectivity index (χ1v) is 16.5. The van der Waals surface area contributed by atoms with Crippen molar-refractivity contribution >= 4 is 57.3 Å². The molecule has 2 aliphatic rings. The molecule has 10 nitrogen and oxygen atoms in total. The highest BCUT2D eigenvalue weighted by atomic mass is 35.5. The number of hydrogen-bond donors (Lipinski definition) is 1. The Hall–Kier alpha value is -3.66. The summed E-state index contributed by atoms with van der Waals surface area (Å²) in [6.45, 7) is 8.69. The standard InChI is InChI=1S/C26H27ClF3N5O2S2.C4H4N2O/c1-5-20(36)35-14(2)10-33(11-15(35)3)24-17-9-18(26(28,29)30)21(19-8-16(27)12-39-19)23-22(17)34(25(37)31-24)13-32(4)6-7-38-23;7-4-5-2-1-3-6-4/h5,8-9,12,14-15H,1,6-7,10-11,13H2,2-4H3;1-3H,(H,5,6,7). The molecule has 16 heteroatoms. The van der Waals surface area contributed by atoms with Crippen LogP contribution in [0.4, 0.5) is 19.0 Å². The zero-order chi connectivity index (χ0) is 33.3. The van der Waals surface area contributed by atoms with Crippen LogP contribution >= 0.6 is 34.7 Å². The van der Waals surface area contributed by atoms with Gasteiger partial charge in [-0.3, -0.25) is 14.3 Å². The molecule has 244 valence electrons. The first-order valence-electron chi connectivity index (χ1n) is 14.2. The van der Waals surface area contributed by atoms with E-state index in [4.69, 9.17) is 11.6 Å². The van der Waals surface area contributed by atoms with Crippen molar-refractivity contribution in [3.8, 4) is 10.4 Å². The van der Waals surface area contributed by atoms with Gasteiger partial charge in [-0.15, -0.1) is 23.1 Å². The topological polar surface area (TPSA) is 107 Å². The van der Waals surface area contributed by atoms with Gasteiger partial charge in [0, 0.05) is 76.0 Å². The predicted octanol–water partition coefficient (Wildman–Crippen LogP) is 5.17. The van der Waals surface area contributed by atoms with Gasteiger partial charge >= 0.3 is 17.6 Å². The van der Waals surface area contributed by atoms with Crippen LogP contribution in [-0.2, 0) is 17.6 Å². The van der Waals surface area contributed by atoms with Crippen molar-refractivity contribution in [2.75, 3.05) is 37.3 Å². The first kappa shape index (κ1) is 33.7. The summed E-state index contributed by atoms with van der Waals surface area (Å²) in [4.78, 5) is 52.4. The number of benzene rings is 1. The fourth-order valence-electron chi connectivity index (χ4n) is 5.78. The smallest absolute Gasteiger partial charge is 0.352 e. The number of carbonyl (C=O) groups is 1. The van der Waals surface area contributed by atoms with E-state index in [1.54, 1.807) is 16.3 Å². The molecule has 1 aromatic carbocycles. The first-order chi connectivity index (χ1) is 21.8. The molecule has 2 atom stereocenters. The lowest BCUT2D eigenvalue weighted by atomic mass is 10.0. The molecule has 2 unspecified atom stereocenters. The fraction of sp³-hybridized carbons (Fsp3) is 0.367. The van der Waals surface area contributed by atoms with Crippen LogP contribution in [0.5, 0.6) is 0 Å². The summed E-state index contributed by atoms with van der Waals surface area (Å²) in [5, 5.41) is 2.22. The van der Waals surface area contributed by atoms with Crippen LogP contribution in [0, 0.1) is 0 Å². The summed E-state index contributed by atoms with van der Waals surface area (Å²) < 4.78 is 45.6. The number of rotatable bonds is 3. The number of halogens is 4. The Morgan fingerprint density at radius 2 is 1.91 bits per heavy atom. The van der Waals surface area contributed by atoms with Gasteiger partial charge in [-0.1, -0.05) is 18.2 Å². The summed E-state index contributed by atoms with van der Waals surface area (Å²) >= 11 is 8.59. The summed E-state index contributed by atoms with van der Waals surface area (Å²) in [5.41, 5.74) is -1.16. The highest BCUT2D eigenvalue weighted by molar-refractivity contribution is 7.99. The third-order valence-corrected chi connectivity index (χ3v) is 10.0. The quantitative estimate of drug-likeness (QED) is 0.293. The monoisotopic (exact) mass is 693 g/mol. The number of alkyl halides is 3. The third kappa shape index (κ3) is 6.87. The molecule has 0 spiro atoms. The molecule has 0 radical (unpaired) electrons. The summed E-state index contributed by atoms with van der Waals surface area (Å²) in [5.74, 6) is 0.522. The Bertz CT molecular complexity index is 1860. The van der Waals surface area contributed by atoms with E-state index < -0.39 is 17.4 Å². The van der Waals surface area contributed by atoms with Crippen molar-refractivity contribution in [1.29, 1.82) is 0 Å². The molecule has 5 heterocycles. The molecule has 2 aliphatic heterocycles. The molecule has 6 rings (SSSR count). The molecule has 0 bridgehead atoms. The predicted molar refractivity (Wildman–Crippen MR) is 176 cm³/mol. The van der Waals surface area contributed by atoms with Gasteiger partial charge in [0.25, 0.3) is 0 Å². The molecule has 3 aromatic heterocycles. The van der Waals surface area contributed by atoms with Crippen molar-refractivity contribution < 1.29 is 18.0 Å². The average Bonchev–Trinajstić information content (AvgIpc) is 3.42. The number of aromatic amines is 1. The second-order valence-corrected chi connectivity index (χ2v) is 13.5. The SMILES string of the molecule is C=CC(=O)N1C(C)CN(c2nc(=O)n3c4c(c(-c5cc(Cl)cs5)c(C(F)(F)F)cc24)SCCN(C)C3)CC1C.O=c1nccc[nH]1. The van der Waals surface area contributed by atoms with Crippen LogP contribution < -0.4 is 16.3 Å². The minimum absolute atomic E-state index is 0.0369. The van der Waals surface area contributed by atoms with E-state index in [0.717, 1.165) is 17.4 Å². The van der Waals surface area contributed by atoms with Crippen LogP contribution in [0.25, 0.3) is 21.3 Å². The van der Waals surface area contributed by atoms with E-state index in [2.05, 4.69) is 21.5 Å². The molecule has 4 aromatic rings. The Labute approximate surface area is 275 Å². The summed E-state index contributed by atoms with van der Waals surface area (Å²) in [7, 11) is 1.86. The molecular weight excluding hydrogens is 663 g/mol. The third-order valence-electron chi connectivity index (χ3n) is 7.65. The number of nitrogens with one attached hydrogen (secondary N) is 1. The number of thiophene rings is 1. The zero-order valence-electron chi connectivity index (χ0n) is 25.2. The van der Waals surface area contributed by atoms with Crippen LogP contribution in [0.2, 0.25) is 5.02 Å². The zero-order valence-corrected chi connectivity index (χ0v) is 27.6. The molecular formula is C30H31ClF3N7O3S2. The molecule has 1 amide bonds. The van der Waals surface area contributed by atoms with Gasteiger partial charge in [-0.2, -0.15) is 18.2 Å². The minimum atomic E-state index is -4.66. The minimum Gasteiger partial charge on any atom is -0.352 e. The van der Waals surface area contributed by atoms with Crippen molar-refractivity contribution in [3.05, 3.63) is 80.2 Å². The van der Waals surface area contributed by atoms with E-state index in [9.17, 15) is 27.6 Å². The highest BCUT2D eigenvalue weighted by Crippen LogP contribution is 2.49. The number of piperazine rings is 1. The highest BCUT2D eigenvalue weighted by Gasteiger charge is 2.39. The van der Waals surface area contributed by atoms with Crippen LogP contribution in [-0.4, -0.2) is 79.7 Å². The van der Waals surface area contributed by atoms with Crippen LogP contribution in [0.3, 0.4) is 0 Å². The molecule has 0 aliphatic carbocycles. The van der Waals surface area contributed by atoms with Crippen LogP contribution in [0.1, 0.15) is 19.4 Å². The Kier molecular flexibility index (Phi) is 9.96. The molecule has 0 saturated carbocycles.